The number of phenolic OH excluding ortho intramolecular Hbond substituents is 2. The minimum absolute atomic E-state index is 0.140. The maximum absolute atomic E-state index is 10.2. The van der Waals surface area contributed by atoms with Crippen molar-refractivity contribution in [1.82, 2.24) is 0 Å². The van der Waals surface area contributed by atoms with Gasteiger partial charge in [-0.15, -0.1) is 11.3 Å². The Hall–Kier alpha value is -2.08. The van der Waals surface area contributed by atoms with Gasteiger partial charge in [0, 0.05) is 19.9 Å². The Morgan fingerprint density at radius 2 is 1.44 bits per heavy atom. The molecule has 4 aromatic carbocycles. The summed E-state index contributed by atoms with van der Waals surface area (Å²) >= 11 is 8.93. The molecule has 0 bridgehead atoms. The van der Waals surface area contributed by atoms with Crippen molar-refractivity contribution in [1.29, 1.82) is 0 Å². The molecule has 27 heavy (non-hydrogen) atoms. The third-order valence-electron chi connectivity index (χ3n) is 4.81. The molecule has 2 N–H and O–H groups in total. The molecule has 0 aliphatic rings. The standard InChI is InChI=1S/C22H12Br2O2S/c23-15-9-11(10-16(25)21(15)26)18-12-5-1-2-6-13(12)20(24)22-19(18)14-7-3-4-8-17(14)27-22/h1-10,25-26H. The van der Waals surface area contributed by atoms with E-state index in [1.165, 1.54) is 14.8 Å². The Morgan fingerprint density at radius 1 is 0.778 bits per heavy atom. The number of hydrogen-bond acceptors (Lipinski definition) is 3. The fraction of sp³-hybridized carbons (Fsp3) is 0. The van der Waals surface area contributed by atoms with Gasteiger partial charge in [-0.05, 0) is 72.0 Å². The van der Waals surface area contributed by atoms with E-state index in [-0.39, 0.29) is 11.5 Å². The zero-order valence-electron chi connectivity index (χ0n) is 13.8. The molecule has 0 unspecified atom stereocenters. The first-order valence-corrected chi connectivity index (χ1v) is 10.7. The van der Waals surface area contributed by atoms with E-state index in [9.17, 15) is 10.2 Å². The SMILES string of the molecule is Oc1cc(-c2c3ccccc3c(Br)c3sc4ccccc4c23)cc(Br)c1O. The van der Waals surface area contributed by atoms with Crippen LogP contribution in [0, 0.1) is 0 Å². The van der Waals surface area contributed by atoms with Crippen LogP contribution < -0.4 is 0 Å². The summed E-state index contributed by atoms with van der Waals surface area (Å²) in [7, 11) is 0. The van der Waals surface area contributed by atoms with Gasteiger partial charge in [-0.1, -0.05) is 42.5 Å². The van der Waals surface area contributed by atoms with Crippen molar-refractivity contribution in [3.8, 4) is 22.6 Å². The molecule has 2 nitrogen and oxygen atoms in total. The van der Waals surface area contributed by atoms with Crippen LogP contribution in [0.15, 0.2) is 69.6 Å². The van der Waals surface area contributed by atoms with Gasteiger partial charge in [0.05, 0.1) is 9.17 Å². The lowest BCUT2D eigenvalue weighted by Gasteiger charge is -2.13. The fourth-order valence-electron chi connectivity index (χ4n) is 3.63. The first-order valence-electron chi connectivity index (χ1n) is 8.29. The number of hydrogen-bond donors (Lipinski definition) is 2. The average molecular weight is 500 g/mol. The van der Waals surface area contributed by atoms with E-state index in [1.54, 1.807) is 17.4 Å². The average Bonchev–Trinajstić information content (AvgIpc) is 3.06. The Kier molecular flexibility index (Phi) is 3.93. The quantitative estimate of drug-likeness (QED) is 0.231. The van der Waals surface area contributed by atoms with Crippen LogP contribution in [0.4, 0.5) is 0 Å². The normalized spacial score (nSPS) is 11.6. The first kappa shape index (κ1) is 17.0. The predicted molar refractivity (Wildman–Crippen MR) is 121 cm³/mol. The zero-order chi connectivity index (χ0) is 18.7. The number of aromatic hydroxyl groups is 2. The summed E-state index contributed by atoms with van der Waals surface area (Å²) in [5, 5.41) is 24.7. The van der Waals surface area contributed by atoms with Gasteiger partial charge in [-0.25, -0.2) is 0 Å². The van der Waals surface area contributed by atoms with Gasteiger partial charge < -0.3 is 10.2 Å². The molecule has 5 rings (SSSR count). The summed E-state index contributed by atoms with van der Waals surface area (Å²) in [5.74, 6) is -0.286. The summed E-state index contributed by atoms with van der Waals surface area (Å²) in [6.07, 6.45) is 0. The number of halogens is 2. The van der Waals surface area contributed by atoms with Crippen LogP contribution in [-0.2, 0) is 0 Å². The van der Waals surface area contributed by atoms with E-state index in [4.69, 9.17) is 0 Å². The molecule has 0 aliphatic carbocycles. The van der Waals surface area contributed by atoms with Crippen molar-refractivity contribution in [2.24, 2.45) is 0 Å². The van der Waals surface area contributed by atoms with Crippen LogP contribution in [0.5, 0.6) is 11.5 Å². The third kappa shape index (κ3) is 2.49. The Balaban J connectivity index is 2.08. The smallest absolute Gasteiger partial charge is 0.171 e. The highest BCUT2D eigenvalue weighted by Gasteiger charge is 2.20. The van der Waals surface area contributed by atoms with Gasteiger partial charge in [-0.3, -0.25) is 0 Å². The fourth-order valence-corrected chi connectivity index (χ4v) is 6.02. The molecule has 0 radical (unpaired) electrons. The number of rotatable bonds is 1. The second-order valence-corrected chi connectivity index (χ2v) is 9.06. The highest BCUT2D eigenvalue weighted by molar-refractivity contribution is 9.11. The monoisotopic (exact) mass is 498 g/mol. The molecular weight excluding hydrogens is 488 g/mol. The van der Waals surface area contributed by atoms with E-state index >= 15 is 0 Å². The highest BCUT2D eigenvalue weighted by Crippen LogP contribution is 2.49. The molecule has 0 atom stereocenters. The lowest BCUT2D eigenvalue weighted by molar-refractivity contribution is 0.401. The maximum atomic E-state index is 10.2. The molecule has 132 valence electrons. The van der Waals surface area contributed by atoms with E-state index in [1.807, 2.05) is 30.3 Å². The predicted octanol–water partition coefficient (Wildman–Crippen LogP) is 7.81. The van der Waals surface area contributed by atoms with Crippen LogP contribution in [-0.4, -0.2) is 10.2 Å². The first-order chi connectivity index (χ1) is 13.1. The summed E-state index contributed by atoms with van der Waals surface area (Å²) in [5.41, 5.74) is 1.91. The molecule has 0 saturated carbocycles. The molecule has 0 fully saturated rings. The number of fused-ring (bicyclic) bond motifs is 4. The molecular formula is C22H12Br2O2S. The van der Waals surface area contributed by atoms with Crippen molar-refractivity contribution < 1.29 is 10.2 Å². The van der Waals surface area contributed by atoms with Gasteiger partial charge in [0.2, 0.25) is 0 Å². The van der Waals surface area contributed by atoms with Crippen LogP contribution in [0.2, 0.25) is 0 Å². The second kappa shape index (κ2) is 6.23. The summed E-state index contributed by atoms with van der Waals surface area (Å²) < 4.78 is 3.94. The second-order valence-electron chi connectivity index (χ2n) is 6.36. The molecule has 0 spiro atoms. The number of phenols is 2. The van der Waals surface area contributed by atoms with Gasteiger partial charge in [0.15, 0.2) is 11.5 Å². The van der Waals surface area contributed by atoms with Crippen molar-refractivity contribution in [2.45, 2.75) is 0 Å². The van der Waals surface area contributed by atoms with E-state index < -0.39 is 0 Å². The molecule has 5 aromatic rings. The van der Waals surface area contributed by atoms with Gasteiger partial charge in [0.1, 0.15) is 0 Å². The van der Waals surface area contributed by atoms with Crippen LogP contribution in [0.1, 0.15) is 0 Å². The lowest BCUT2D eigenvalue weighted by atomic mass is 9.93. The van der Waals surface area contributed by atoms with Crippen LogP contribution in [0.25, 0.3) is 42.1 Å². The van der Waals surface area contributed by atoms with E-state index in [0.717, 1.165) is 31.8 Å². The van der Waals surface area contributed by atoms with Crippen LogP contribution >= 0.6 is 43.2 Å². The zero-order valence-corrected chi connectivity index (χ0v) is 17.8. The van der Waals surface area contributed by atoms with E-state index in [2.05, 4.69) is 56.1 Å². The molecule has 0 amide bonds. The molecule has 0 aliphatic heterocycles. The van der Waals surface area contributed by atoms with Gasteiger partial charge in [-0.2, -0.15) is 0 Å². The molecule has 1 heterocycles. The Labute approximate surface area is 175 Å². The lowest BCUT2D eigenvalue weighted by Crippen LogP contribution is -1.86. The number of benzene rings is 4. The maximum Gasteiger partial charge on any atom is 0.171 e. The Bertz CT molecular complexity index is 1350. The van der Waals surface area contributed by atoms with Gasteiger partial charge in [0.25, 0.3) is 0 Å². The van der Waals surface area contributed by atoms with Crippen molar-refractivity contribution in [3.05, 3.63) is 69.6 Å². The summed E-state index contributed by atoms with van der Waals surface area (Å²) in [6, 6.07) is 20.1. The third-order valence-corrected chi connectivity index (χ3v) is 7.69. The molecule has 5 heteroatoms. The summed E-state index contributed by atoms with van der Waals surface area (Å²) in [4.78, 5) is 0. The minimum atomic E-state index is -0.147. The topological polar surface area (TPSA) is 40.5 Å². The Morgan fingerprint density at radius 3 is 2.19 bits per heavy atom. The van der Waals surface area contributed by atoms with Crippen molar-refractivity contribution in [3.63, 3.8) is 0 Å². The van der Waals surface area contributed by atoms with Crippen LogP contribution in [0.3, 0.4) is 0 Å². The molecule has 1 aromatic heterocycles. The largest absolute Gasteiger partial charge is 0.504 e. The van der Waals surface area contributed by atoms with Crippen molar-refractivity contribution >= 4 is 74.1 Å². The summed E-state index contributed by atoms with van der Waals surface area (Å²) in [6.45, 7) is 0. The minimum Gasteiger partial charge on any atom is -0.504 e. The molecule has 0 saturated heterocycles. The van der Waals surface area contributed by atoms with E-state index in [0.29, 0.717) is 4.47 Å². The van der Waals surface area contributed by atoms with Gasteiger partial charge >= 0.3 is 0 Å². The van der Waals surface area contributed by atoms with Crippen molar-refractivity contribution in [2.75, 3.05) is 0 Å². The highest BCUT2D eigenvalue weighted by atomic mass is 79.9. The number of thiophene rings is 1.